The average molecular weight is 283 g/mol. The summed E-state index contributed by atoms with van der Waals surface area (Å²) in [6, 6.07) is 3.92. The molecule has 1 saturated heterocycles. The molecule has 2 heterocycles. The Morgan fingerprint density at radius 3 is 2.63 bits per heavy atom. The van der Waals surface area contributed by atoms with Crippen molar-refractivity contribution in [2.24, 2.45) is 0 Å². The molecule has 6 nitrogen and oxygen atoms in total. The SMILES string of the molecule is O=C(O)CCNC(=O)N1CCN(c2cccs2)CC1. The van der Waals surface area contributed by atoms with E-state index in [1.165, 1.54) is 5.00 Å². The van der Waals surface area contributed by atoms with Crippen LogP contribution in [0.2, 0.25) is 0 Å². The highest BCUT2D eigenvalue weighted by molar-refractivity contribution is 7.14. The van der Waals surface area contributed by atoms with E-state index < -0.39 is 5.97 Å². The Labute approximate surface area is 115 Å². The molecule has 2 amide bonds. The highest BCUT2D eigenvalue weighted by Gasteiger charge is 2.21. The van der Waals surface area contributed by atoms with Crippen molar-refractivity contribution < 1.29 is 14.7 Å². The van der Waals surface area contributed by atoms with E-state index in [4.69, 9.17) is 5.11 Å². The van der Waals surface area contributed by atoms with Crippen molar-refractivity contribution in [1.29, 1.82) is 0 Å². The van der Waals surface area contributed by atoms with Gasteiger partial charge in [-0.1, -0.05) is 0 Å². The number of rotatable bonds is 4. The van der Waals surface area contributed by atoms with Crippen molar-refractivity contribution in [3.63, 3.8) is 0 Å². The van der Waals surface area contributed by atoms with Crippen molar-refractivity contribution in [2.45, 2.75) is 6.42 Å². The van der Waals surface area contributed by atoms with E-state index in [0.29, 0.717) is 13.1 Å². The summed E-state index contributed by atoms with van der Waals surface area (Å²) < 4.78 is 0. The minimum Gasteiger partial charge on any atom is -0.481 e. The molecule has 1 aromatic heterocycles. The summed E-state index contributed by atoms with van der Waals surface area (Å²) in [4.78, 5) is 26.1. The van der Waals surface area contributed by atoms with Crippen LogP contribution in [-0.4, -0.2) is 54.7 Å². The maximum absolute atomic E-state index is 11.8. The molecular formula is C12H17N3O3S. The third-order valence-electron chi connectivity index (χ3n) is 3.00. The van der Waals surface area contributed by atoms with Gasteiger partial charge in [-0.15, -0.1) is 11.3 Å². The minimum atomic E-state index is -0.900. The number of urea groups is 1. The van der Waals surface area contributed by atoms with Gasteiger partial charge in [-0.25, -0.2) is 4.79 Å². The Kier molecular flexibility index (Phi) is 4.62. The minimum absolute atomic E-state index is 0.0408. The molecule has 2 rings (SSSR count). The third kappa shape index (κ3) is 3.85. The Bertz CT molecular complexity index is 427. The number of nitrogens with one attached hydrogen (secondary N) is 1. The van der Waals surface area contributed by atoms with Crippen LogP contribution in [0.3, 0.4) is 0 Å². The van der Waals surface area contributed by atoms with Gasteiger partial charge in [0.25, 0.3) is 0 Å². The summed E-state index contributed by atoms with van der Waals surface area (Å²) in [6.45, 7) is 3.13. The highest BCUT2D eigenvalue weighted by Crippen LogP contribution is 2.22. The van der Waals surface area contributed by atoms with Crippen molar-refractivity contribution in [3.05, 3.63) is 17.5 Å². The van der Waals surface area contributed by atoms with Crippen LogP contribution in [0.1, 0.15) is 6.42 Å². The van der Waals surface area contributed by atoms with Gasteiger partial charge in [-0.3, -0.25) is 4.79 Å². The zero-order valence-electron chi connectivity index (χ0n) is 10.5. The Morgan fingerprint density at radius 1 is 1.32 bits per heavy atom. The number of thiophene rings is 1. The van der Waals surface area contributed by atoms with Crippen LogP contribution in [-0.2, 0) is 4.79 Å². The molecular weight excluding hydrogens is 266 g/mol. The van der Waals surface area contributed by atoms with Crippen LogP contribution in [0.25, 0.3) is 0 Å². The third-order valence-corrected chi connectivity index (χ3v) is 3.93. The molecule has 2 N–H and O–H groups in total. The number of carboxylic acids is 1. The molecule has 0 saturated carbocycles. The van der Waals surface area contributed by atoms with Crippen LogP contribution in [0, 0.1) is 0 Å². The van der Waals surface area contributed by atoms with Gasteiger partial charge in [0.2, 0.25) is 0 Å². The van der Waals surface area contributed by atoms with Crippen LogP contribution >= 0.6 is 11.3 Å². The van der Waals surface area contributed by atoms with Crippen LogP contribution in [0.4, 0.5) is 9.80 Å². The molecule has 19 heavy (non-hydrogen) atoms. The maximum atomic E-state index is 11.8. The highest BCUT2D eigenvalue weighted by atomic mass is 32.1. The molecule has 1 aliphatic rings. The molecule has 0 aromatic carbocycles. The summed E-state index contributed by atoms with van der Waals surface area (Å²) in [5, 5.41) is 14.4. The van der Waals surface area contributed by atoms with E-state index in [2.05, 4.69) is 16.3 Å². The quantitative estimate of drug-likeness (QED) is 0.866. The number of piperazine rings is 1. The summed E-state index contributed by atoms with van der Waals surface area (Å²) in [6.07, 6.45) is -0.0408. The summed E-state index contributed by atoms with van der Waals surface area (Å²) in [7, 11) is 0. The molecule has 1 aromatic rings. The van der Waals surface area contributed by atoms with E-state index in [0.717, 1.165) is 13.1 Å². The zero-order valence-corrected chi connectivity index (χ0v) is 11.4. The smallest absolute Gasteiger partial charge is 0.317 e. The first-order valence-electron chi connectivity index (χ1n) is 6.20. The monoisotopic (exact) mass is 283 g/mol. The van der Waals surface area contributed by atoms with Crippen LogP contribution in [0.5, 0.6) is 0 Å². The van der Waals surface area contributed by atoms with Gasteiger partial charge >= 0.3 is 12.0 Å². The lowest BCUT2D eigenvalue weighted by molar-refractivity contribution is -0.136. The molecule has 1 aliphatic heterocycles. The van der Waals surface area contributed by atoms with Crippen molar-refractivity contribution in [3.8, 4) is 0 Å². The number of hydrogen-bond donors (Lipinski definition) is 2. The molecule has 0 unspecified atom stereocenters. The number of aliphatic carboxylic acids is 1. The van der Waals surface area contributed by atoms with Gasteiger partial charge < -0.3 is 20.2 Å². The fraction of sp³-hybridized carbons (Fsp3) is 0.500. The van der Waals surface area contributed by atoms with E-state index in [1.54, 1.807) is 16.2 Å². The molecule has 0 atom stereocenters. The molecule has 104 valence electrons. The lowest BCUT2D eigenvalue weighted by Crippen LogP contribution is -2.52. The maximum Gasteiger partial charge on any atom is 0.317 e. The number of nitrogens with zero attached hydrogens (tertiary/aromatic N) is 2. The van der Waals surface area contributed by atoms with Crippen molar-refractivity contribution in [2.75, 3.05) is 37.6 Å². The number of carboxylic acid groups (broad SMARTS) is 1. The Morgan fingerprint density at radius 2 is 2.05 bits per heavy atom. The zero-order chi connectivity index (χ0) is 13.7. The molecule has 0 bridgehead atoms. The number of amides is 2. The van der Waals surface area contributed by atoms with Gasteiger partial charge in [0.05, 0.1) is 11.4 Å². The van der Waals surface area contributed by atoms with E-state index in [-0.39, 0.29) is 19.0 Å². The normalized spacial score (nSPS) is 15.4. The second-order valence-corrected chi connectivity index (χ2v) is 5.23. The molecule has 7 heteroatoms. The first kappa shape index (κ1) is 13.7. The second-order valence-electron chi connectivity index (χ2n) is 4.30. The summed E-state index contributed by atoms with van der Waals surface area (Å²) in [5.74, 6) is -0.900. The van der Waals surface area contributed by atoms with Crippen LogP contribution < -0.4 is 10.2 Å². The van der Waals surface area contributed by atoms with E-state index in [1.807, 2.05) is 11.4 Å². The summed E-state index contributed by atoms with van der Waals surface area (Å²) >= 11 is 1.70. The fourth-order valence-electron chi connectivity index (χ4n) is 1.97. The average Bonchev–Trinajstić information content (AvgIpc) is 2.92. The molecule has 0 radical (unpaired) electrons. The Balaban J connectivity index is 1.73. The van der Waals surface area contributed by atoms with Gasteiger partial charge in [0.15, 0.2) is 0 Å². The topological polar surface area (TPSA) is 72.9 Å². The first-order valence-corrected chi connectivity index (χ1v) is 7.08. The number of anilines is 1. The first-order chi connectivity index (χ1) is 9.16. The molecule has 0 spiro atoms. The van der Waals surface area contributed by atoms with Crippen LogP contribution in [0.15, 0.2) is 17.5 Å². The fourth-order valence-corrected chi connectivity index (χ4v) is 2.75. The van der Waals surface area contributed by atoms with Gasteiger partial charge in [0, 0.05) is 32.7 Å². The summed E-state index contributed by atoms with van der Waals surface area (Å²) in [5.41, 5.74) is 0. The van der Waals surface area contributed by atoms with Crippen molar-refractivity contribution >= 4 is 28.3 Å². The standard InChI is InChI=1S/C12H17N3O3S/c16-11(17)3-4-13-12(18)15-7-5-14(6-8-15)10-2-1-9-19-10/h1-2,9H,3-8H2,(H,13,18)(H,16,17). The lowest BCUT2D eigenvalue weighted by atomic mass is 10.3. The predicted molar refractivity (Wildman–Crippen MR) is 73.8 cm³/mol. The van der Waals surface area contributed by atoms with Gasteiger partial charge in [-0.2, -0.15) is 0 Å². The molecule has 0 aliphatic carbocycles. The van der Waals surface area contributed by atoms with Gasteiger partial charge in [-0.05, 0) is 17.5 Å². The second kappa shape index (κ2) is 6.42. The van der Waals surface area contributed by atoms with Crippen molar-refractivity contribution in [1.82, 2.24) is 10.2 Å². The van der Waals surface area contributed by atoms with E-state index >= 15 is 0 Å². The van der Waals surface area contributed by atoms with E-state index in [9.17, 15) is 9.59 Å². The molecule has 1 fully saturated rings. The predicted octanol–water partition coefficient (Wildman–Crippen LogP) is 1.05. The number of carbonyl (C=O) groups is 2. The van der Waals surface area contributed by atoms with Gasteiger partial charge in [0.1, 0.15) is 0 Å². The number of carbonyl (C=O) groups excluding carboxylic acids is 1. The lowest BCUT2D eigenvalue weighted by Gasteiger charge is -2.35. The number of hydrogen-bond acceptors (Lipinski definition) is 4. The largest absolute Gasteiger partial charge is 0.481 e. The Hall–Kier alpha value is -1.76.